The summed E-state index contributed by atoms with van der Waals surface area (Å²) in [5, 5.41) is 4.33. The Morgan fingerprint density at radius 3 is 2.50 bits per heavy atom. The number of esters is 1. The lowest BCUT2D eigenvalue weighted by Gasteiger charge is -2.18. The van der Waals surface area contributed by atoms with Crippen LogP contribution < -0.4 is 15.8 Å². The molecule has 10 nitrogen and oxygen atoms in total. The highest BCUT2D eigenvalue weighted by Gasteiger charge is 2.31. The second-order valence-electron chi connectivity index (χ2n) is 7.04. The van der Waals surface area contributed by atoms with Crippen molar-refractivity contribution in [3.8, 4) is 5.75 Å². The molecule has 0 bridgehead atoms. The van der Waals surface area contributed by atoms with Gasteiger partial charge in [-0.2, -0.15) is 4.31 Å². The van der Waals surface area contributed by atoms with E-state index in [2.05, 4.69) is 5.32 Å². The number of methoxy groups -OCH3 is 1. The average molecular weight is 482 g/mol. The summed E-state index contributed by atoms with van der Waals surface area (Å²) in [7, 11) is -2.51. The number of thiophene rings is 1. The Balaban J connectivity index is 1.76. The summed E-state index contributed by atoms with van der Waals surface area (Å²) in [4.78, 5) is 36.3. The third-order valence-corrected chi connectivity index (χ3v) is 7.65. The Labute approximate surface area is 189 Å². The largest absolute Gasteiger partial charge is 0.495 e. The van der Waals surface area contributed by atoms with Gasteiger partial charge in [-0.3, -0.25) is 9.59 Å². The van der Waals surface area contributed by atoms with Crippen LogP contribution in [0.25, 0.3) is 0 Å². The van der Waals surface area contributed by atoms with Crippen LogP contribution in [0, 0.1) is 0 Å². The molecule has 3 rings (SSSR count). The molecule has 2 heterocycles. The van der Waals surface area contributed by atoms with Gasteiger partial charge in [-0.05, 0) is 49.4 Å². The quantitative estimate of drug-likeness (QED) is 0.547. The number of rotatable bonds is 8. The molecule has 0 unspecified atom stereocenters. The number of ether oxygens (including phenoxy) is 2. The summed E-state index contributed by atoms with van der Waals surface area (Å²) >= 11 is 1.10. The van der Waals surface area contributed by atoms with Crippen molar-refractivity contribution < 1.29 is 32.3 Å². The maximum Gasteiger partial charge on any atom is 0.338 e. The number of nitrogens with two attached hydrogens (primary N) is 1. The Morgan fingerprint density at radius 1 is 1.19 bits per heavy atom. The summed E-state index contributed by atoms with van der Waals surface area (Å²) in [6.45, 7) is 2.15. The molecule has 1 aromatic heterocycles. The number of nitrogens with one attached hydrogen (secondary N) is 1. The fraction of sp³-hybridized carbons (Fsp3) is 0.350. The van der Waals surface area contributed by atoms with E-state index in [1.54, 1.807) is 5.38 Å². The zero-order chi connectivity index (χ0) is 23.5. The van der Waals surface area contributed by atoms with Crippen LogP contribution in [-0.2, 0) is 19.6 Å². The van der Waals surface area contributed by atoms with Gasteiger partial charge >= 0.3 is 5.97 Å². The topological polar surface area (TPSA) is 145 Å². The lowest BCUT2D eigenvalue weighted by molar-refractivity contribution is -0.123. The van der Waals surface area contributed by atoms with Crippen molar-refractivity contribution in [1.82, 2.24) is 4.31 Å². The predicted molar refractivity (Wildman–Crippen MR) is 117 cm³/mol. The number of carbonyl (C=O) groups is 3. The summed E-state index contributed by atoms with van der Waals surface area (Å²) < 4.78 is 37.7. The number of hydrogen-bond donors (Lipinski definition) is 2. The van der Waals surface area contributed by atoms with Crippen LogP contribution in [0.2, 0.25) is 0 Å². The van der Waals surface area contributed by atoms with Gasteiger partial charge in [-0.25, -0.2) is 13.2 Å². The summed E-state index contributed by atoms with van der Waals surface area (Å²) in [6, 6.07) is 5.39. The van der Waals surface area contributed by atoms with Crippen LogP contribution in [0.15, 0.2) is 34.5 Å². The first-order chi connectivity index (χ1) is 15.1. The molecule has 1 saturated heterocycles. The van der Waals surface area contributed by atoms with Gasteiger partial charge in [0, 0.05) is 13.1 Å². The van der Waals surface area contributed by atoms with Crippen molar-refractivity contribution in [3.05, 3.63) is 40.8 Å². The van der Waals surface area contributed by atoms with E-state index < -0.39 is 33.9 Å². The number of amides is 2. The molecule has 3 N–H and O–H groups in total. The fourth-order valence-corrected chi connectivity index (χ4v) is 5.66. The van der Waals surface area contributed by atoms with Gasteiger partial charge in [-0.15, -0.1) is 11.3 Å². The molecule has 0 saturated carbocycles. The average Bonchev–Trinajstić information content (AvgIpc) is 3.45. The van der Waals surface area contributed by atoms with Crippen LogP contribution in [0.1, 0.15) is 40.5 Å². The van der Waals surface area contributed by atoms with E-state index in [0.717, 1.165) is 24.2 Å². The zero-order valence-corrected chi connectivity index (χ0v) is 19.1. The molecular formula is C20H23N3O7S2. The highest BCUT2D eigenvalue weighted by molar-refractivity contribution is 7.89. The molecule has 0 aliphatic carbocycles. The lowest BCUT2D eigenvalue weighted by Crippen LogP contribution is -2.31. The Bertz CT molecular complexity index is 1140. The SMILES string of the molecule is COc1ccc(C(=O)O[C@@H](C)C(=O)Nc2sccc2C(N)=O)cc1S(=O)(=O)N1CCCC1. The number of nitrogens with zero attached hydrogens (tertiary/aromatic N) is 1. The van der Waals surface area contributed by atoms with Gasteiger partial charge in [0.1, 0.15) is 15.6 Å². The first kappa shape index (κ1) is 23.7. The second kappa shape index (κ2) is 9.67. The first-order valence-corrected chi connectivity index (χ1v) is 12.0. The molecule has 1 aliphatic rings. The van der Waals surface area contributed by atoms with Crippen LogP contribution in [0.5, 0.6) is 5.75 Å². The third-order valence-electron chi connectivity index (χ3n) is 4.90. The standard InChI is InChI=1S/C20H23N3O7S2/c1-12(18(25)22-19-14(17(21)24)7-10-31-19)30-20(26)13-5-6-15(29-2)16(11-13)32(27,28)23-8-3-4-9-23/h5-7,10-12H,3-4,8-9H2,1-2H3,(H2,21,24)(H,22,25)/t12-/m0/s1. The number of carbonyl (C=O) groups excluding carboxylic acids is 3. The van der Waals surface area contributed by atoms with E-state index >= 15 is 0 Å². The lowest BCUT2D eigenvalue weighted by atomic mass is 10.2. The van der Waals surface area contributed by atoms with E-state index in [-0.39, 0.29) is 26.8 Å². The van der Waals surface area contributed by atoms with Crippen molar-refractivity contribution in [2.75, 3.05) is 25.5 Å². The Morgan fingerprint density at radius 2 is 1.88 bits per heavy atom. The molecule has 12 heteroatoms. The maximum absolute atomic E-state index is 13.0. The zero-order valence-electron chi connectivity index (χ0n) is 17.5. The smallest absolute Gasteiger partial charge is 0.338 e. The number of sulfonamides is 1. The minimum atomic E-state index is -3.85. The van der Waals surface area contributed by atoms with Crippen LogP contribution in [0.4, 0.5) is 5.00 Å². The van der Waals surface area contributed by atoms with E-state index in [1.165, 1.54) is 42.6 Å². The fourth-order valence-electron chi connectivity index (χ4n) is 3.17. The number of anilines is 1. The molecule has 1 aromatic carbocycles. The van der Waals surface area contributed by atoms with Gasteiger partial charge in [-0.1, -0.05) is 0 Å². The van der Waals surface area contributed by atoms with Gasteiger partial charge in [0.25, 0.3) is 11.8 Å². The summed E-state index contributed by atoms with van der Waals surface area (Å²) in [5.74, 6) is -2.14. The van der Waals surface area contributed by atoms with Crippen molar-refractivity contribution in [2.45, 2.75) is 30.8 Å². The predicted octanol–water partition coefficient (Wildman–Crippen LogP) is 1.82. The molecule has 1 fully saturated rings. The number of benzene rings is 1. The van der Waals surface area contributed by atoms with Gasteiger partial charge in [0.2, 0.25) is 10.0 Å². The minimum Gasteiger partial charge on any atom is -0.495 e. The molecule has 0 spiro atoms. The van der Waals surface area contributed by atoms with Crippen LogP contribution >= 0.6 is 11.3 Å². The molecule has 1 atom stereocenters. The Kier molecular flexibility index (Phi) is 7.16. The Hall–Kier alpha value is -2.96. The number of hydrogen-bond acceptors (Lipinski definition) is 8. The minimum absolute atomic E-state index is 0.0443. The van der Waals surface area contributed by atoms with E-state index in [4.69, 9.17) is 15.2 Å². The van der Waals surface area contributed by atoms with Crippen LogP contribution in [-0.4, -0.2) is 56.8 Å². The van der Waals surface area contributed by atoms with E-state index in [9.17, 15) is 22.8 Å². The number of primary amides is 1. The monoisotopic (exact) mass is 481 g/mol. The first-order valence-electron chi connectivity index (χ1n) is 9.72. The third kappa shape index (κ3) is 4.92. The molecule has 2 aromatic rings. The van der Waals surface area contributed by atoms with E-state index in [1.807, 2.05) is 0 Å². The highest BCUT2D eigenvalue weighted by atomic mass is 32.2. The summed E-state index contributed by atoms with van der Waals surface area (Å²) in [6.07, 6.45) is 0.306. The van der Waals surface area contributed by atoms with E-state index in [0.29, 0.717) is 13.1 Å². The van der Waals surface area contributed by atoms with Gasteiger partial charge < -0.3 is 20.5 Å². The highest BCUT2D eigenvalue weighted by Crippen LogP contribution is 2.30. The normalized spacial score (nSPS) is 15.2. The van der Waals surface area contributed by atoms with Crippen molar-refractivity contribution in [2.24, 2.45) is 5.73 Å². The molecule has 32 heavy (non-hydrogen) atoms. The summed E-state index contributed by atoms with van der Waals surface area (Å²) in [5.41, 5.74) is 5.36. The van der Waals surface area contributed by atoms with Crippen molar-refractivity contribution >= 4 is 44.1 Å². The molecule has 2 amide bonds. The molecule has 0 radical (unpaired) electrons. The molecule has 1 aliphatic heterocycles. The van der Waals surface area contributed by atoms with Crippen molar-refractivity contribution in [1.29, 1.82) is 0 Å². The van der Waals surface area contributed by atoms with Gasteiger partial charge in [0.15, 0.2) is 6.10 Å². The van der Waals surface area contributed by atoms with Gasteiger partial charge in [0.05, 0.1) is 18.2 Å². The molecule has 172 valence electrons. The maximum atomic E-state index is 13.0. The van der Waals surface area contributed by atoms with Crippen molar-refractivity contribution in [3.63, 3.8) is 0 Å². The second-order valence-corrected chi connectivity index (χ2v) is 9.86. The molecular weight excluding hydrogens is 458 g/mol. The van der Waals surface area contributed by atoms with Crippen LogP contribution in [0.3, 0.4) is 0 Å².